The van der Waals surface area contributed by atoms with Gasteiger partial charge in [0.25, 0.3) is 5.56 Å². The average Bonchev–Trinajstić information content (AvgIpc) is 3.25. The summed E-state index contributed by atoms with van der Waals surface area (Å²) in [6.07, 6.45) is 0.124. The third-order valence-electron chi connectivity index (χ3n) is 5.10. The fourth-order valence-electron chi connectivity index (χ4n) is 3.70. The lowest BCUT2D eigenvalue weighted by Gasteiger charge is -2.09. The first-order valence-electron chi connectivity index (χ1n) is 10.2. The average molecular weight is 436 g/mol. The summed E-state index contributed by atoms with van der Waals surface area (Å²) in [6, 6.07) is 9.94. The van der Waals surface area contributed by atoms with E-state index in [1.165, 1.54) is 15.7 Å². The monoisotopic (exact) mass is 435 g/mol. The van der Waals surface area contributed by atoms with Gasteiger partial charge in [0.05, 0.1) is 23.4 Å². The predicted molar refractivity (Wildman–Crippen MR) is 123 cm³/mol. The van der Waals surface area contributed by atoms with E-state index in [1.807, 2.05) is 75.0 Å². The van der Waals surface area contributed by atoms with E-state index in [0.717, 1.165) is 16.9 Å². The quantitative estimate of drug-likeness (QED) is 0.519. The van der Waals surface area contributed by atoms with Gasteiger partial charge in [-0.1, -0.05) is 18.2 Å². The summed E-state index contributed by atoms with van der Waals surface area (Å²) in [6.45, 7) is 9.64. The zero-order valence-corrected chi connectivity index (χ0v) is 19.1. The fourth-order valence-corrected chi connectivity index (χ4v) is 4.63. The summed E-state index contributed by atoms with van der Waals surface area (Å²) < 4.78 is 3.39. The number of carbonyl (C=O) groups excluding carboxylic acids is 1. The molecule has 31 heavy (non-hydrogen) atoms. The van der Waals surface area contributed by atoms with E-state index in [1.54, 1.807) is 0 Å². The molecule has 0 unspecified atom stereocenters. The van der Waals surface area contributed by atoms with Crippen LogP contribution in [0.1, 0.15) is 36.5 Å². The molecule has 0 saturated heterocycles. The second kappa shape index (κ2) is 8.11. The highest BCUT2D eigenvalue weighted by Crippen LogP contribution is 2.24. The molecule has 7 nitrogen and oxygen atoms in total. The van der Waals surface area contributed by atoms with Crippen molar-refractivity contribution >= 4 is 22.2 Å². The van der Waals surface area contributed by atoms with Crippen molar-refractivity contribution in [2.45, 2.75) is 47.1 Å². The molecule has 4 aromatic rings. The SMILES string of the molecule is Cc1ccccc1-n1nc(-c2c(C)nc3scc(CC(=O)NC(C)C)n3c2=O)cc1C. The van der Waals surface area contributed by atoms with Gasteiger partial charge in [-0.3, -0.25) is 14.0 Å². The van der Waals surface area contributed by atoms with E-state index in [2.05, 4.69) is 10.3 Å². The van der Waals surface area contributed by atoms with Crippen LogP contribution in [0.25, 0.3) is 21.9 Å². The predicted octanol–water partition coefficient (Wildman–Crippen LogP) is 3.60. The Balaban J connectivity index is 1.83. The van der Waals surface area contributed by atoms with Crippen molar-refractivity contribution in [3.8, 4) is 16.9 Å². The van der Waals surface area contributed by atoms with Gasteiger partial charge in [-0.2, -0.15) is 5.10 Å². The molecule has 1 aromatic carbocycles. The molecule has 3 heterocycles. The molecule has 0 aliphatic carbocycles. The maximum absolute atomic E-state index is 13.5. The maximum Gasteiger partial charge on any atom is 0.268 e. The smallest absolute Gasteiger partial charge is 0.268 e. The Morgan fingerprint density at radius 2 is 1.94 bits per heavy atom. The van der Waals surface area contributed by atoms with Crippen molar-refractivity contribution in [2.24, 2.45) is 0 Å². The number of amides is 1. The van der Waals surface area contributed by atoms with Crippen LogP contribution in [0.15, 0.2) is 40.5 Å². The number of nitrogens with zero attached hydrogens (tertiary/aromatic N) is 4. The summed E-state index contributed by atoms with van der Waals surface area (Å²) in [7, 11) is 0. The minimum atomic E-state index is -0.203. The molecule has 160 valence electrons. The Morgan fingerprint density at radius 3 is 2.65 bits per heavy atom. The van der Waals surface area contributed by atoms with Crippen molar-refractivity contribution in [3.05, 3.63) is 68.7 Å². The number of hydrogen-bond acceptors (Lipinski definition) is 5. The van der Waals surface area contributed by atoms with Crippen LogP contribution in [0, 0.1) is 20.8 Å². The van der Waals surface area contributed by atoms with E-state index >= 15 is 0 Å². The molecule has 1 amide bonds. The highest BCUT2D eigenvalue weighted by Gasteiger charge is 2.20. The number of aromatic nitrogens is 4. The molecule has 0 spiro atoms. The molecule has 0 radical (unpaired) electrons. The Morgan fingerprint density at radius 1 is 1.19 bits per heavy atom. The number of aryl methyl sites for hydroxylation is 3. The fraction of sp³-hybridized carbons (Fsp3) is 0.304. The number of thiazole rings is 1. The number of fused-ring (bicyclic) bond motifs is 1. The zero-order chi connectivity index (χ0) is 22.3. The third-order valence-corrected chi connectivity index (χ3v) is 5.97. The van der Waals surface area contributed by atoms with Gasteiger partial charge < -0.3 is 5.32 Å². The van der Waals surface area contributed by atoms with Gasteiger partial charge in [-0.15, -0.1) is 11.3 Å². The van der Waals surface area contributed by atoms with Gasteiger partial charge in [0, 0.05) is 22.8 Å². The van der Waals surface area contributed by atoms with Crippen LogP contribution in [0.2, 0.25) is 0 Å². The first-order chi connectivity index (χ1) is 14.8. The van der Waals surface area contributed by atoms with E-state index in [9.17, 15) is 9.59 Å². The minimum Gasteiger partial charge on any atom is -0.354 e. The highest BCUT2D eigenvalue weighted by molar-refractivity contribution is 7.15. The lowest BCUT2D eigenvalue weighted by Crippen LogP contribution is -2.32. The molecule has 0 saturated carbocycles. The Labute approximate surface area is 184 Å². The lowest BCUT2D eigenvalue weighted by atomic mass is 10.1. The Hall–Kier alpha value is -3.26. The summed E-state index contributed by atoms with van der Waals surface area (Å²) in [4.78, 5) is 31.0. The number of nitrogens with one attached hydrogen (secondary N) is 1. The van der Waals surface area contributed by atoms with Gasteiger partial charge in [-0.05, 0) is 52.3 Å². The van der Waals surface area contributed by atoms with Crippen LogP contribution in [-0.4, -0.2) is 31.1 Å². The van der Waals surface area contributed by atoms with E-state index in [0.29, 0.717) is 27.6 Å². The summed E-state index contributed by atoms with van der Waals surface area (Å²) >= 11 is 1.36. The van der Waals surface area contributed by atoms with E-state index in [-0.39, 0.29) is 23.9 Å². The van der Waals surface area contributed by atoms with Crippen LogP contribution in [-0.2, 0) is 11.2 Å². The normalized spacial score (nSPS) is 11.4. The molecule has 1 N–H and O–H groups in total. The summed E-state index contributed by atoms with van der Waals surface area (Å²) in [5.74, 6) is -0.122. The van der Waals surface area contributed by atoms with Crippen LogP contribution >= 0.6 is 11.3 Å². The van der Waals surface area contributed by atoms with Crippen LogP contribution in [0.3, 0.4) is 0 Å². The van der Waals surface area contributed by atoms with Crippen molar-refractivity contribution in [1.82, 2.24) is 24.5 Å². The maximum atomic E-state index is 13.5. The molecular weight excluding hydrogens is 410 g/mol. The highest BCUT2D eigenvalue weighted by atomic mass is 32.1. The molecule has 0 aliphatic heterocycles. The first-order valence-corrected chi connectivity index (χ1v) is 11.1. The molecule has 0 atom stereocenters. The summed E-state index contributed by atoms with van der Waals surface area (Å²) in [5.41, 5.74) is 5.08. The topological polar surface area (TPSA) is 81.3 Å². The van der Waals surface area contributed by atoms with Crippen molar-refractivity contribution in [2.75, 3.05) is 0 Å². The van der Waals surface area contributed by atoms with Gasteiger partial charge >= 0.3 is 0 Å². The second-order valence-electron chi connectivity index (χ2n) is 7.99. The van der Waals surface area contributed by atoms with Gasteiger partial charge in [0.2, 0.25) is 5.91 Å². The van der Waals surface area contributed by atoms with E-state index < -0.39 is 0 Å². The molecule has 8 heteroatoms. The van der Waals surface area contributed by atoms with Crippen molar-refractivity contribution in [1.29, 1.82) is 0 Å². The number of carbonyl (C=O) groups is 1. The number of benzene rings is 1. The van der Waals surface area contributed by atoms with Gasteiger partial charge in [0.15, 0.2) is 4.96 Å². The number of para-hydroxylation sites is 1. The Bertz CT molecular complexity index is 1350. The molecule has 4 rings (SSSR count). The summed E-state index contributed by atoms with van der Waals surface area (Å²) in [5, 5.41) is 9.44. The molecular formula is C23H25N5O2S. The van der Waals surface area contributed by atoms with Crippen LogP contribution in [0.5, 0.6) is 0 Å². The molecule has 0 fully saturated rings. The Kier molecular flexibility index (Phi) is 5.49. The second-order valence-corrected chi connectivity index (χ2v) is 8.83. The first kappa shape index (κ1) is 21.0. The van der Waals surface area contributed by atoms with Crippen LogP contribution in [0.4, 0.5) is 0 Å². The standard InChI is InChI=1S/C23H25N5O2S/c1-13(2)24-20(29)11-17-12-31-23-25-16(5)21(22(30)27(17)23)18-10-15(4)28(26-18)19-9-7-6-8-14(19)3/h6-10,12-13H,11H2,1-5H3,(H,24,29). The zero-order valence-electron chi connectivity index (χ0n) is 18.3. The van der Waals surface area contributed by atoms with Gasteiger partial charge in [0.1, 0.15) is 5.69 Å². The van der Waals surface area contributed by atoms with Crippen molar-refractivity contribution < 1.29 is 4.79 Å². The lowest BCUT2D eigenvalue weighted by molar-refractivity contribution is -0.120. The minimum absolute atomic E-state index is 0.0402. The van der Waals surface area contributed by atoms with Crippen molar-refractivity contribution in [3.63, 3.8) is 0 Å². The number of rotatable bonds is 5. The third kappa shape index (κ3) is 3.90. The van der Waals surface area contributed by atoms with Gasteiger partial charge in [-0.25, -0.2) is 9.67 Å². The molecule has 0 aliphatic rings. The molecule has 0 bridgehead atoms. The van der Waals surface area contributed by atoms with Crippen LogP contribution < -0.4 is 10.9 Å². The number of hydrogen-bond donors (Lipinski definition) is 1. The molecule has 3 aromatic heterocycles. The van der Waals surface area contributed by atoms with E-state index in [4.69, 9.17) is 5.10 Å². The largest absolute Gasteiger partial charge is 0.354 e.